The molecule has 1 N–H and O–H groups in total. The molecule has 0 heterocycles. The van der Waals surface area contributed by atoms with Crippen molar-refractivity contribution in [3.63, 3.8) is 0 Å². The monoisotopic (exact) mass is 200 g/mol. The molecule has 14 heavy (non-hydrogen) atoms. The zero-order valence-corrected chi connectivity index (χ0v) is 7.10. The normalized spacial score (nSPS) is 12.2. The van der Waals surface area contributed by atoms with Gasteiger partial charge in [-0.25, -0.2) is 13.2 Å². The summed E-state index contributed by atoms with van der Waals surface area (Å²) in [4.78, 5) is 0. The van der Waals surface area contributed by atoms with Gasteiger partial charge in [0.2, 0.25) is 0 Å². The molecule has 0 aromatic heterocycles. The molecule has 1 aromatic rings. The van der Waals surface area contributed by atoms with E-state index in [0.717, 1.165) is 0 Å². The molecule has 74 valence electrons. The van der Waals surface area contributed by atoms with Crippen LogP contribution in [-0.2, 0) is 0 Å². The van der Waals surface area contributed by atoms with Crippen molar-refractivity contribution >= 4 is 0 Å². The van der Waals surface area contributed by atoms with Crippen molar-refractivity contribution in [1.29, 1.82) is 0 Å². The van der Waals surface area contributed by atoms with E-state index >= 15 is 0 Å². The summed E-state index contributed by atoms with van der Waals surface area (Å²) < 4.78 is 38.4. The van der Waals surface area contributed by atoms with E-state index in [1.807, 2.05) is 0 Å². The second kappa shape index (κ2) is 4.16. The fourth-order valence-electron chi connectivity index (χ4n) is 1.09. The third kappa shape index (κ3) is 2.06. The maximum absolute atomic E-state index is 13.0. The summed E-state index contributed by atoms with van der Waals surface area (Å²) in [5.41, 5.74) is -0.593. The minimum absolute atomic E-state index is 0.223. The van der Waals surface area contributed by atoms with Crippen molar-refractivity contribution in [2.24, 2.45) is 0 Å². The summed E-state index contributed by atoms with van der Waals surface area (Å²) in [6.07, 6.45) is 3.20. The minimum Gasteiger partial charge on any atom is -0.387 e. The molecule has 1 nitrogen and oxygen atoms in total. The van der Waals surface area contributed by atoms with Crippen molar-refractivity contribution in [3.05, 3.63) is 35.1 Å². The van der Waals surface area contributed by atoms with Crippen LogP contribution >= 0.6 is 0 Å². The molecule has 1 atom stereocenters. The molecular formula is C10H7F3O. The predicted octanol–water partition coefficient (Wildman–Crippen LogP) is 2.16. The summed E-state index contributed by atoms with van der Waals surface area (Å²) >= 11 is 0. The fraction of sp³-hybridized carbons (Fsp3) is 0.200. The van der Waals surface area contributed by atoms with Gasteiger partial charge in [0.25, 0.3) is 0 Å². The van der Waals surface area contributed by atoms with E-state index in [1.165, 1.54) is 0 Å². The Morgan fingerprint density at radius 2 is 1.79 bits per heavy atom. The van der Waals surface area contributed by atoms with E-state index in [1.54, 1.807) is 0 Å². The molecule has 0 radical (unpaired) electrons. The second-order valence-corrected chi connectivity index (χ2v) is 2.71. The van der Waals surface area contributed by atoms with Gasteiger partial charge in [0.05, 0.1) is 11.7 Å². The quantitative estimate of drug-likeness (QED) is 0.725. The SMILES string of the molecule is C#CCC(O)c1c(F)cc(F)cc1F. The third-order valence-corrected chi connectivity index (χ3v) is 1.69. The molecular weight excluding hydrogens is 193 g/mol. The lowest BCUT2D eigenvalue weighted by molar-refractivity contribution is 0.173. The number of terminal acetylenes is 1. The van der Waals surface area contributed by atoms with E-state index in [-0.39, 0.29) is 6.42 Å². The van der Waals surface area contributed by atoms with E-state index in [9.17, 15) is 18.3 Å². The number of halogens is 3. The first-order chi connectivity index (χ1) is 6.56. The van der Waals surface area contributed by atoms with Crippen molar-refractivity contribution in [2.75, 3.05) is 0 Å². The standard InChI is InChI=1S/C10H7F3O/c1-2-3-9(14)10-7(12)4-6(11)5-8(10)13/h1,4-5,9,14H,3H2. The molecule has 0 aliphatic heterocycles. The molecule has 0 amide bonds. The van der Waals surface area contributed by atoms with Gasteiger partial charge in [-0.1, -0.05) is 0 Å². The molecule has 1 rings (SSSR count). The van der Waals surface area contributed by atoms with Crippen LogP contribution in [0.1, 0.15) is 18.1 Å². The summed E-state index contributed by atoms with van der Waals surface area (Å²) in [5, 5.41) is 9.23. The maximum atomic E-state index is 13.0. The fourth-order valence-corrected chi connectivity index (χ4v) is 1.09. The Bertz CT molecular complexity index is 358. The Hall–Kier alpha value is -1.47. The van der Waals surface area contributed by atoms with Crippen LogP contribution in [0.2, 0.25) is 0 Å². The lowest BCUT2D eigenvalue weighted by atomic mass is 10.1. The molecule has 4 heteroatoms. The maximum Gasteiger partial charge on any atom is 0.134 e. The third-order valence-electron chi connectivity index (χ3n) is 1.69. The molecule has 0 aliphatic rings. The molecule has 0 bridgehead atoms. The van der Waals surface area contributed by atoms with Crippen LogP contribution in [0.5, 0.6) is 0 Å². The Morgan fingerprint density at radius 1 is 1.29 bits per heavy atom. The number of hydrogen-bond donors (Lipinski definition) is 1. The average molecular weight is 200 g/mol. The Kier molecular flexibility index (Phi) is 3.15. The number of benzene rings is 1. The first kappa shape index (κ1) is 10.6. The van der Waals surface area contributed by atoms with Crippen LogP contribution in [0.25, 0.3) is 0 Å². The molecule has 1 unspecified atom stereocenters. The summed E-state index contributed by atoms with van der Waals surface area (Å²) in [5.74, 6) is -1.24. The van der Waals surface area contributed by atoms with Gasteiger partial charge in [0.15, 0.2) is 0 Å². The van der Waals surface area contributed by atoms with Gasteiger partial charge < -0.3 is 5.11 Å². The van der Waals surface area contributed by atoms with Gasteiger partial charge in [-0.3, -0.25) is 0 Å². The van der Waals surface area contributed by atoms with Crippen molar-refractivity contribution < 1.29 is 18.3 Å². The summed E-state index contributed by atoms with van der Waals surface area (Å²) in [6.45, 7) is 0. The van der Waals surface area contributed by atoms with Crippen LogP contribution in [0, 0.1) is 29.8 Å². The highest BCUT2D eigenvalue weighted by molar-refractivity contribution is 5.24. The smallest absolute Gasteiger partial charge is 0.134 e. The summed E-state index contributed by atoms with van der Waals surface area (Å²) in [6, 6.07) is 0.996. The van der Waals surface area contributed by atoms with Gasteiger partial charge in [-0.05, 0) is 0 Å². The van der Waals surface area contributed by atoms with Crippen LogP contribution in [0.3, 0.4) is 0 Å². The Morgan fingerprint density at radius 3 is 2.21 bits per heavy atom. The van der Waals surface area contributed by atoms with Gasteiger partial charge in [-0.15, -0.1) is 12.3 Å². The van der Waals surface area contributed by atoms with E-state index in [0.29, 0.717) is 12.1 Å². The number of rotatable bonds is 2. The van der Waals surface area contributed by atoms with Gasteiger partial charge in [0.1, 0.15) is 17.5 Å². The van der Waals surface area contributed by atoms with Gasteiger partial charge in [-0.2, -0.15) is 0 Å². The molecule has 0 saturated carbocycles. The van der Waals surface area contributed by atoms with Crippen LogP contribution < -0.4 is 0 Å². The highest BCUT2D eigenvalue weighted by atomic mass is 19.1. The van der Waals surface area contributed by atoms with Crippen LogP contribution in [-0.4, -0.2) is 5.11 Å². The topological polar surface area (TPSA) is 20.2 Å². The van der Waals surface area contributed by atoms with Crippen LogP contribution in [0.15, 0.2) is 12.1 Å². The first-order valence-corrected chi connectivity index (χ1v) is 3.82. The number of aliphatic hydroxyl groups is 1. The Labute approximate surface area is 79.2 Å². The Balaban J connectivity index is 3.15. The summed E-state index contributed by atoms with van der Waals surface area (Å²) in [7, 11) is 0. The molecule has 0 saturated heterocycles. The van der Waals surface area contributed by atoms with Crippen molar-refractivity contribution in [2.45, 2.75) is 12.5 Å². The highest BCUT2D eigenvalue weighted by Gasteiger charge is 2.18. The zero-order chi connectivity index (χ0) is 10.7. The number of aliphatic hydroxyl groups excluding tert-OH is 1. The van der Waals surface area contributed by atoms with Crippen molar-refractivity contribution in [3.8, 4) is 12.3 Å². The predicted molar refractivity (Wildman–Crippen MR) is 44.7 cm³/mol. The van der Waals surface area contributed by atoms with E-state index < -0.39 is 29.1 Å². The van der Waals surface area contributed by atoms with Crippen molar-refractivity contribution in [1.82, 2.24) is 0 Å². The molecule has 0 aliphatic carbocycles. The molecule has 1 aromatic carbocycles. The van der Waals surface area contributed by atoms with E-state index in [2.05, 4.69) is 5.92 Å². The lowest BCUT2D eigenvalue weighted by Gasteiger charge is -2.09. The largest absolute Gasteiger partial charge is 0.387 e. The second-order valence-electron chi connectivity index (χ2n) is 2.71. The van der Waals surface area contributed by atoms with Gasteiger partial charge in [0, 0.05) is 18.6 Å². The number of hydrogen-bond acceptors (Lipinski definition) is 1. The molecule has 0 fully saturated rings. The van der Waals surface area contributed by atoms with E-state index in [4.69, 9.17) is 6.42 Å². The minimum atomic E-state index is -1.44. The highest BCUT2D eigenvalue weighted by Crippen LogP contribution is 2.23. The van der Waals surface area contributed by atoms with Crippen LogP contribution in [0.4, 0.5) is 13.2 Å². The average Bonchev–Trinajstić information content (AvgIpc) is 2.01. The zero-order valence-electron chi connectivity index (χ0n) is 7.10. The first-order valence-electron chi connectivity index (χ1n) is 3.82. The van der Waals surface area contributed by atoms with Gasteiger partial charge >= 0.3 is 0 Å². The lowest BCUT2D eigenvalue weighted by Crippen LogP contribution is -2.04. The molecule has 0 spiro atoms.